The van der Waals surface area contributed by atoms with Gasteiger partial charge in [0.1, 0.15) is 11.6 Å². The number of hydrogen-bond donors (Lipinski definition) is 0. The first-order chi connectivity index (χ1) is 11.2. The molecule has 3 nitrogen and oxygen atoms in total. The highest BCUT2D eigenvalue weighted by atomic mass is 15.0. The van der Waals surface area contributed by atoms with E-state index in [1.165, 1.54) is 16.7 Å². The van der Waals surface area contributed by atoms with Gasteiger partial charge in [0.05, 0.1) is 0 Å². The lowest BCUT2D eigenvalue weighted by Gasteiger charge is -2.07. The Morgan fingerprint density at radius 1 is 0.609 bits per heavy atom. The normalized spacial score (nSPS) is 10.7. The van der Waals surface area contributed by atoms with Gasteiger partial charge in [-0.15, -0.1) is 0 Å². The maximum atomic E-state index is 4.56. The molecule has 3 rings (SSSR count). The van der Waals surface area contributed by atoms with E-state index in [2.05, 4.69) is 84.3 Å². The second-order valence-electron chi connectivity index (χ2n) is 5.64. The third-order valence-electron chi connectivity index (χ3n) is 3.89. The van der Waals surface area contributed by atoms with E-state index in [0.29, 0.717) is 0 Å². The van der Waals surface area contributed by atoms with Gasteiger partial charge in [0.15, 0.2) is 5.82 Å². The molecule has 3 heteroatoms. The van der Waals surface area contributed by atoms with E-state index < -0.39 is 0 Å². The van der Waals surface area contributed by atoms with Crippen molar-refractivity contribution in [1.82, 2.24) is 15.0 Å². The second-order valence-corrected chi connectivity index (χ2v) is 5.64. The number of nitrogens with zero attached hydrogens (tertiary/aromatic N) is 3. The molecular formula is C20H21N3. The van der Waals surface area contributed by atoms with E-state index in [-0.39, 0.29) is 0 Å². The Morgan fingerprint density at radius 2 is 1.04 bits per heavy atom. The van der Waals surface area contributed by atoms with Crippen LogP contribution in [0, 0.1) is 6.92 Å². The van der Waals surface area contributed by atoms with Crippen molar-refractivity contribution in [3.63, 3.8) is 0 Å². The van der Waals surface area contributed by atoms with Crippen molar-refractivity contribution in [2.75, 3.05) is 0 Å². The Hall–Kier alpha value is -2.55. The van der Waals surface area contributed by atoms with Crippen LogP contribution in [0.15, 0.2) is 48.5 Å². The summed E-state index contributed by atoms with van der Waals surface area (Å²) in [6.45, 7) is 6.24. The van der Waals surface area contributed by atoms with Crippen molar-refractivity contribution >= 4 is 0 Å². The zero-order valence-corrected chi connectivity index (χ0v) is 13.9. The van der Waals surface area contributed by atoms with Gasteiger partial charge in [0.25, 0.3) is 0 Å². The van der Waals surface area contributed by atoms with Gasteiger partial charge in [-0.25, -0.2) is 15.0 Å². The highest BCUT2D eigenvalue weighted by molar-refractivity contribution is 5.67. The van der Waals surface area contributed by atoms with Gasteiger partial charge >= 0.3 is 0 Å². The van der Waals surface area contributed by atoms with Crippen molar-refractivity contribution < 1.29 is 0 Å². The Labute approximate surface area is 137 Å². The van der Waals surface area contributed by atoms with Gasteiger partial charge in [0, 0.05) is 18.4 Å². The van der Waals surface area contributed by atoms with Crippen LogP contribution in [-0.2, 0) is 12.8 Å². The number of aromatic nitrogens is 3. The van der Waals surface area contributed by atoms with Crippen molar-refractivity contribution in [3.05, 3.63) is 65.7 Å². The van der Waals surface area contributed by atoms with Crippen molar-refractivity contribution in [3.8, 4) is 22.5 Å². The Morgan fingerprint density at radius 3 is 1.52 bits per heavy atom. The average Bonchev–Trinajstić information content (AvgIpc) is 2.62. The van der Waals surface area contributed by atoms with Crippen LogP contribution in [0.2, 0.25) is 0 Å². The lowest BCUT2D eigenvalue weighted by Crippen LogP contribution is -2.03. The molecule has 3 aromatic rings. The summed E-state index contributed by atoms with van der Waals surface area (Å²) >= 11 is 0. The first kappa shape index (κ1) is 15.3. The Bertz CT molecular complexity index is 768. The summed E-state index contributed by atoms with van der Waals surface area (Å²) < 4.78 is 0. The summed E-state index contributed by atoms with van der Waals surface area (Å²) in [4.78, 5) is 13.6. The molecule has 0 unspecified atom stereocenters. The van der Waals surface area contributed by atoms with Crippen LogP contribution in [0.1, 0.15) is 31.1 Å². The lowest BCUT2D eigenvalue weighted by molar-refractivity contribution is 0.831. The Kier molecular flexibility index (Phi) is 4.47. The Balaban J connectivity index is 1.94. The molecule has 23 heavy (non-hydrogen) atoms. The third kappa shape index (κ3) is 3.45. The summed E-state index contributed by atoms with van der Waals surface area (Å²) in [6.07, 6.45) is 1.65. The van der Waals surface area contributed by atoms with E-state index in [1.54, 1.807) is 0 Å². The summed E-state index contributed by atoms with van der Waals surface area (Å²) in [5.74, 6) is 2.48. The predicted octanol–water partition coefficient (Wildman–Crippen LogP) is 4.64. The van der Waals surface area contributed by atoms with Gasteiger partial charge in [0.2, 0.25) is 0 Å². The maximum absolute atomic E-state index is 4.56. The first-order valence-electron chi connectivity index (χ1n) is 8.11. The summed E-state index contributed by atoms with van der Waals surface area (Å²) in [6, 6.07) is 17.0. The van der Waals surface area contributed by atoms with Gasteiger partial charge < -0.3 is 0 Å². The maximum Gasteiger partial charge on any atom is 0.163 e. The number of aryl methyl sites for hydroxylation is 3. The minimum absolute atomic E-state index is 0.768. The monoisotopic (exact) mass is 303 g/mol. The molecule has 0 saturated carbocycles. The van der Waals surface area contributed by atoms with Crippen LogP contribution < -0.4 is 0 Å². The van der Waals surface area contributed by atoms with E-state index in [0.717, 1.165) is 35.9 Å². The van der Waals surface area contributed by atoms with Crippen LogP contribution in [0.4, 0.5) is 0 Å². The molecule has 0 aliphatic carbocycles. The lowest BCUT2D eigenvalue weighted by atomic mass is 10.0. The molecule has 0 bridgehead atoms. The van der Waals surface area contributed by atoms with Crippen LogP contribution >= 0.6 is 0 Å². The number of benzene rings is 2. The summed E-state index contributed by atoms with van der Waals surface area (Å²) in [5.41, 5.74) is 4.73. The van der Waals surface area contributed by atoms with Crippen LogP contribution in [0.25, 0.3) is 22.5 Å². The fourth-order valence-electron chi connectivity index (χ4n) is 2.47. The summed E-state index contributed by atoms with van der Waals surface area (Å²) in [5, 5.41) is 0. The topological polar surface area (TPSA) is 38.7 Å². The smallest absolute Gasteiger partial charge is 0.163 e. The predicted molar refractivity (Wildman–Crippen MR) is 94.2 cm³/mol. The molecule has 2 aromatic carbocycles. The fraction of sp³-hybridized carbons (Fsp3) is 0.250. The van der Waals surface area contributed by atoms with Gasteiger partial charge in [-0.1, -0.05) is 67.9 Å². The molecule has 1 aromatic heterocycles. The highest BCUT2D eigenvalue weighted by Crippen LogP contribution is 2.23. The van der Waals surface area contributed by atoms with Gasteiger partial charge in [-0.05, 0) is 18.1 Å². The molecule has 0 N–H and O–H groups in total. The third-order valence-corrected chi connectivity index (χ3v) is 3.89. The quantitative estimate of drug-likeness (QED) is 0.705. The molecule has 0 aliphatic heterocycles. The summed E-state index contributed by atoms with van der Waals surface area (Å²) in [7, 11) is 0. The minimum atomic E-state index is 0.768. The number of rotatable bonds is 4. The van der Waals surface area contributed by atoms with Crippen LogP contribution in [-0.4, -0.2) is 15.0 Å². The molecule has 0 atom stereocenters. The second kappa shape index (κ2) is 6.69. The van der Waals surface area contributed by atoms with Crippen molar-refractivity contribution in [1.29, 1.82) is 0 Å². The standard InChI is InChI=1S/C20H21N3/c1-4-18-21-19(5-2)23-20(22-18)17-12-10-16(11-13-17)15-8-6-14(3)7-9-15/h6-13H,4-5H2,1-3H3. The zero-order chi connectivity index (χ0) is 16.2. The van der Waals surface area contributed by atoms with E-state index >= 15 is 0 Å². The van der Waals surface area contributed by atoms with E-state index in [1.807, 2.05) is 0 Å². The van der Waals surface area contributed by atoms with Crippen LogP contribution in [0.3, 0.4) is 0 Å². The average molecular weight is 303 g/mol. The molecule has 0 amide bonds. The highest BCUT2D eigenvalue weighted by Gasteiger charge is 2.07. The fourth-order valence-corrected chi connectivity index (χ4v) is 2.47. The molecule has 0 aliphatic rings. The minimum Gasteiger partial charge on any atom is -0.218 e. The van der Waals surface area contributed by atoms with E-state index in [9.17, 15) is 0 Å². The molecular weight excluding hydrogens is 282 g/mol. The van der Waals surface area contributed by atoms with Crippen molar-refractivity contribution in [2.45, 2.75) is 33.6 Å². The molecule has 0 spiro atoms. The van der Waals surface area contributed by atoms with Gasteiger partial charge in [-0.2, -0.15) is 0 Å². The van der Waals surface area contributed by atoms with Gasteiger partial charge in [-0.3, -0.25) is 0 Å². The van der Waals surface area contributed by atoms with Crippen LogP contribution in [0.5, 0.6) is 0 Å². The first-order valence-corrected chi connectivity index (χ1v) is 8.11. The molecule has 0 saturated heterocycles. The number of hydrogen-bond acceptors (Lipinski definition) is 3. The molecule has 1 heterocycles. The van der Waals surface area contributed by atoms with E-state index in [4.69, 9.17) is 0 Å². The molecule has 0 fully saturated rings. The molecule has 116 valence electrons. The molecule has 0 radical (unpaired) electrons. The zero-order valence-electron chi connectivity index (χ0n) is 13.9. The van der Waals surface area contributed by atoms with Crippen molar-refractivity contribution in [2.24, 2.45) is 0 Å². The largest absolute Gasteiger partial charge is 0.218 e. The SMILES string of the molecule is CCc1nc(CC)nc(-c2ccc(-c3ccc(C)cc3)cc2)n1.